The van der Waals surface area contributed by atoms with E-state index in [0.717, 1.165) is 43.6 Å². The molecule has 1 aromatic carbocycles. The molecule has 0 bridgehead atoms. The summed E-state index contributed by atoms with van der Waals surface area (Å²) in [4.78, 5) is 51.5. The van der Waals surface area contributed by atoms with Crippen LogP contribution in [0.4, 0.5) is 5.69 Å². The van der Waals surface area contributed by atoms with Crippen LogP contribution in [0.25, 0.3) is 11.0 Å². The Bertz CT molecular complexity index is 1160. The zero-order chi connectivity index (χ0) is 24.6. The van der Waals surface area contributed by atoms with Gasteiger partial charge in [-0.25, -0.2) is 4.79 Å². The summed E-state index contributed by atoms with van der Waals surface area (Å²) >= 11 is 0. The number of aryl methyl sites for hydroxylation is 1. The van der Waals surface area contributed by atoms with Crippen LogP contribution in [-0.2, 0) is 26.2 Å². The molecule has 0 radical (unpaired) electrons. The number of amides is 2. The van der Waals surface area contributed by atoms with Crippen molar-refractivity contribution in [1.82, 2.24) is 14.5 Å². The van der Waals surface area contributed by atoms with Crippen molar-refractivity contribution >= 4 is 34.5 Å². The maximum absolute atomic E-state index is 13.1. The highest BCUT2D eigenvalue weighted by molar-refractivity contribution is 6.00. The number of imidazole rings is 1. The standard InChI is InChI=1S/C25H34N4O5/c1-25(2,3)34-21(31)11-8-16-12-14-28(15-13-16)17-6-5-7-18-22(17)27(4)24(33)29(18)19-9-10-20(30)26-23(19)32/h5-7,16,19H,8-15H2,1-4H3,(H,26,30,32). The summed E-state index contributed by atoms with van der Waals surface area (Å²) in [7, 11) is 1.73. The summed E-state index contributed by atoms with van der Waals surface area (Å²) in [6.07, 6.45) is 3.70. The third-order valence-corrected chi connectivity index (χ3v) is 6.74. The molecule has 0 saturated carbocycles. The van der Waals surface area contributed by atoms with Crippen molar-refractivity contribution in [1.29, 1.82) is 0 Å². The minimum atomic E-state index is -0.692. The van der Waals surface area contributed by atoms with E-state index in [1.54, 1.807) is 11.6 Å². The average Bonchev–Trinajstić information content (AvgIpc) is 3.02. The van der Waals surface area contributed by atoms with E-state index in [1.165, 1.54) is 4.57 Å². The second-order valence-electron chi connectivity index (χ2n) is 10.4. The molecule has 0 aliphatic carbocycles. The molecule has 1 atom stereocenters. The lowest BCUT2D eigenvalue weighted by Gasteiger charge is -2.34. The highest BCUT2D eigenvalue weighted by atomic mass is 16.6. The molecule has 1 unspecified atom stereocenters. The molecule has 3 heterocycles. The highest BCUT2D eigenvalue weighted by Crippen LogP contribution is 2.33. The smallest absolute Gasteiger partial charge is 0.329 e. The molecule has 1 N–H and O–H groups in total. The SMILES string of the molecule is Cn1c(=O)n(C2CCC(=O)NC2=O)c2cccc(N3CCC(CCC(=O)OC(C)(C)C)CC3)c21. The predicted molar refractivity (Wildman–Crippen MR) is 129 cm³/mol. The monoisotopic (exact) mass is 470 g/mol. The van der Waals surface area contributed by atoms with Gasteiger partial charge in [-0.05, 0) is 64.5 Å². The number of carbonyl (C=O) groups excluding carboxylic acids is 3. The molecule has 4 rings (SSSR count). The first-order chi connectivity index (χ1) is 16.0. The number of piperidine rings is 2. The molecule has 2 saturated heterocycles. The summed E-state index contributed by atoms with van der Waals surface area (Å²) in [6.45, 7) is 7.30. The number of esters is 1. The number of hydrogen-bond acceptors (Lipinski definition) is 6. The fraction of sp³-hybridized carbons (Fsp3) is 0.600. The first-order valence-electron chi connectivity index (χ1n) is 12.1. The normalized spacial score (nSPS) is 20.0. The van der Waals surface area contributed by atoms with Crippen LogP contribution in [-0.4, -0.2) is 45.6 Å². The van der Waals surface area contributed by atoms with E-state index in [0.29, 0.717) is 24.3 Å². The second-order valence-corrected chi connectivity index (χ2v) is 10.4. The van der Waals surface area contributed by atoms with Gasteiger partial charge in [-0.3, -0.25) is 28.8 Å². The van der Waals surface area contributed by atoms with Crippen molar-refractivity contribution in [3.8, 4) is 0 Å². The first-order valence-corrected chi connectivity index (χ1v) is 12.1. The summed E-state index contributed by atoms with van der Waals surface area (Å²) in [6, 6.07) is 5.09. The van der Waals surface area contributed by atoms with Crippen LogP contribution in [0.3, 0.4) is 0 Å². The molecule has 2 fully saturated rings. The molecule has 9 heteroatoms. The maximum Gasteiger partial charge on any atom is 0.329 e. The van der Waals surface area contributed by atoms with Crippen molar-refractivity contribution in [3.63, 3.8) is 0 Å². The van der Waals surface area contributed by atoms with E-state index >= 15 is 0 Å². The van der Waals surface area contributed by atoms with E-state index in [2.05, 4.69) is 10.2 Å². The van der Waals surface area contributed by atoms with Gasteiger partial charge in [-0.1, -0.05) is 6.07 Å². The molecule has 2 amide bonds. The van der Waals surface area contributed by atoms with Crippen molar-refractivity contribution in [3.05, 3.63) is 28.7 Å². The number of nitrogens with zero attached hydrogens (tertiary/aromatic N) is 3. The van der Waals surface area contributed by atoms with Gasteiger partial charge >= 0.3 is 11.7 Å². The number of fused-ring (bicyclic) bond motifs is 1. The Morgan fingerprint density at radius 3 is 2.47 bits per heavy atom. The van der Waals surface area contributed by atoms with Crippen molar-refractivity contribution in [2.75, 3.05) is 18.0 Å². The Labute approximate surface area is 199 Å². The molecule has 1 aromatic heterocycles. The zero-order valence-corrected chi connectivity index (χ0v) is 20.4. The third-order valence-electron chi connectivity index (χ3n) is 6.74. The molecular formula is C25H34N4O5. The lowest BCUT2D eigenvalue weighted by atomic mass is 9.92. The fourth-order valence-electron chi connectivity index (χ4n) is 5.08. The minimum absolute atomic E-state index is 0.149. The van der Waals surface area contributed by atoms with E-state index < -0.39 is 17.6 Å². The largest absolute Gasteiger partial charge is 0.460 e. The fourth-order valence-corrected chi connectivity index (χ4v) is 5.08. The summed E-state index contributed by atoms with van der Waals surface area (Å²) in [5.41, 5.74) is 1.74. The van der Waals surface area contributed by atoms with Gasteiger partial charge in [-0.15, -0.1) is 0 Å². The number of carbonyl (C=O) groups is 3. The number of nitrogens with one attached hydrogen (secondary N) is 1. The van der Waals surface area contributed by atoms with E-state index in [1.807, 2.05) is 39.0 Å². The number of anilines is 1. The highest BCUT2D eigenvalue weighted by Gasteiger charge is 2.32. The lowest BCUT2D eigenvalue weighted by Crippen LogP contribution is -2.44. The van der Waals surface area contributed by atoms with Gasteiger partial charge in [0, 0.05) is 33.0 Å². The van der Waals surface area contributed by atoms with E-state index in [9.17, 15) is 19.2 Å². The van der Waals surface area contributed by atoms with Gasteiger partial charge in [-0.2, -0.15) is 0 Å². The Hall–Kier alpha value is -3.10. The summed E-state index contributed by atoms with van der Waals surface area (Å²) in [5.74, 6) is -0.420. The van der Waals surface area contributed by atoms with Crippen molar-refractivity contribution in [2.45, 2.75) is 70.9 Å². The molecular weight excluding hydrogens is 436 g/mol. The molecule has 2 aromatic rings. The zero-order valence-electron chi connectivity index (χ0n) is 20.4. The quantitative estimate of drug-likeness (QED) is 0.532. The topological polar surface area (TPSA) is 103 Å². The van der Waals surface area contributed by atoms with Crippen molar-refractivity contribution in [2.24, 2.45) is 13.0 Å². The van der Waals surface area contributed by atoms with Gasteiger partial charge in [0.25, 0.3) is 0 Å². The maximum atomic E-state index is 13.1. The van der Waals surface area contributed by atoms with Crippen molar-refractivity contribution < 1.29 is 19.1 Å². The number of rotatable bonds is 5. The second kappa shape index (κ2) is 9.27. The minimum Gasteiger partial charge on any atom is -0.460 e. The van der Waals surface area contributed by atoms with E-state index in [4.69, 9.17) is 4.74 Å². The summed E-state index contributed by atoms with van der Waals surface area (Å²) in [5, 5.41) is 2.35. The lowest BCUT2D eigenvalue weighted by molar-refractivity contribution is -0.155. The number of aromatic nitrogens is 2. The van der Waals surface area contributed by atoms with Crippen LogP contribution in [0.2, 0.25) is 0 Å². The van der Waals surface area contributed by atoms with Crippen LogP contribution in [0.1, 0.15) is 65.3 Å². The van der Waals surface area contributed by atoms with Crippen LogP contribution in [0.15, 0.2) is 23.0 Å². The number of ether oxygens (including phenoxy) is 1. The molecule has 184 valence electrons. The number of imide groups is 1. The Morgan fingerprint density at radius 2 is 1.82 bits per heavy atom. The Morgan fingerprint density at radius 1 is 1.12 bits per heavy atom. The Kier molecular flexibility index (Phi) is 6.55. The average molecular weight is 471 g/mol. The molecule has 2 aliphatic heterocycles. The third kappa shape index (κ3) is 4.88. The van der Waals surface area contributed by atoms with Gasteiger partial charge in [0.2, 0.25) is 11.8 Å². The molecule has 9 nitrogen and oxygen atoms in total. The molecule has 34 heavy (non-hydrogen) atoms. The Balaban J connectivity index is 1.50. The molecule has 0 spiro atoms. The van der Waals surface area contributed by atoms with Gasteiger partial charge in [0.05, 0.1) is 16.7 Å². The van der Waals surface area contributed by atoms with Crippen LogP contribution in [0.5, 0.6) is 0 Å². The van der Waals surface area contributed by atoms with Gasteiger partial charge < -0.3 is 9.64 Å². The predicted octanol–water partition coefficient (Wildman–Crippen LogP) is 2.66. The van der Waals surface area contributed by atoms with E-state index in [-0.39, 0.29) is 24.0 Å². The van der Waals surface area contributed by atoms with Crippen LogP contribution in [0, 0.1) is 5.92 Å². The van der Waals surface area contributed by atoms with Crippen LogP contribution >= 0.6 is 0 Å². The van der Waals surface area contributed by atoms with Gasteiger partial charge in [0.15, 0.2) is 0 Å². The summed E-state index contributed by atoms with van der Waals surface area (Å²) < 4.78 is 8.55. The van der Waals surface area contributed by atoms with Crippen LogP contribution < -0.4 is 15.9 Å². The number of para-hydroxylation sites is 1. The number of hydrogen-bond donors (Lipinski definition) is 1. The molecule has 2 aliphatic rings. The van der Waals surface area contributed by atoms with Gasteiger partial charge in [0.1, 0.15) is 11.6 Å². The number of benzene rings is 1. The first kappa shape index (κ1) is 24.0.